The fourth-order valence-corrected chi connectivity index (χ4v) is 4.92. The molecule has 1 heterocycles. The molecule has 0 saturated heterocycles. The van der Waals surface area contributed by atoms with E-state index < -0.39 is 4.92 Å². The smallest absolute Gasteiger partial charge is 0.267 e. The molecule has 0 unspecified atom stereocenters. The third kappa shape index (κ3) is 5.19. The molecular weight excluding hydrogens is 444 g/mol. The molecule has 3 aromatic carbocycles. The number of para-hydroxylation sites is 1. The number of nitrogens with one attached hydrogen (secondary N) is 1. The third-order valence-electron chi connectivity index (χ3n) is 4.67. The number of non-ortho nitro benzene ring substituents is 1. The molecule has 0 aliphatic carbocycles. The zero-order valence-electron chi connectivity index (χ0n) is 17.0. The second-order valence-corrected chi connectivity index (χ2v) is 9.13. The fourth-order valence-electron chi connectivity index (χ4n) is 2.90. The van der Waals surface area contributed by atoms with E-state index in [1.54, 1.807) is 54.3 Å². The highest BCUT2D eigenvalue weighted by molar-refractivity contribution is 8.00. The lowest BCUT2D eigenvalue weighted by Crippen LogP contribution is -2.19. The molecule has 9 heteroatoms. The average molecular weight is 463 g/mol. The second kappa shape index (κ2) is 9.71. The molecule has 0 aliphatic rings. The standard InChI is InChI=1S/C23H18N4O3S2/c1-15(17-10-12-19(13-11-17)27(29)30)25-26-22(28)18-8-6-16(7-9-18)14-31-23-24-20-4-2-3-5-21(20)32-23/h2-13H,14H2,1H3,(H,26,28). The van der Waals surface area contributed by atoms with Gasteiger partial charge in [0.1, 0.15) is 0 Å². The van der Waals surface area contributed by atoms with E-state index in [0.29, 0.717) is 16.8 Å². The molecule has 4 rings (SSSR count). The molecule has 7 nitrogen and oxygen atoms in total. The van der Waals surface area contributed by atoms with Gasteiger partial charge in [0.05, 0.1) is 20.9 Å². The van der Waals surface area contributed by atoms with Gasteiger partial charge in [-0.3, -0.25) is 14.9 Å². The Morgan fingerprint density at radius 2 is 1.75 bits per heavy atom. The van der Waals surface area contributed by atoms with Crippen molar-refractivity contribution in [2.45, 2.75) is 17.0 Å². The van der Waals surface area contributed by atoms with Crippen LogP contribution in [0.15, 0.2) is 82.2 Å². The number of nitro groups is 1. The number of nitrogens with zero attached hydrogens (tertiary/aromatic N) is 3. The highest BCUT2D eigenvalue weighted by atomic mass is 32.2. The predicted molar refractivity (Wildman–Crippen MR) is 128 cm³/mol. The lowest BCUT2D eigenvalue weighted by Gasteiger charge is -2.04. The van der Waals surface area contributed by atoms with E-state index in [0.717, 1.165) is 21.2 Å². The Balaban J connectivity index is 1.34. The van der Waals surface area contributed by atoms with Crippen LogP contribution in [0.25, 0.3) is 10.2 Å². The zero-order chi connectivity index (χ0) is 22.5. The summed E-state index contributed by atoms with van der Waals surface area (Å²) in [7, 11) is 0. The normalized spacial score (nSPS) is 11.5. The monoisotopic (exact) mass is 462 g/mol. The van der Waals surface area contributed by atoms with Gasteiger partial charge in [0.2, 0.25) is 0 Å². The highest BCUT2D eigenvalue weighted by Gasteiger charge is 2.08. The van der Waals surface area contributed by atoms with Crippen molar-refractivity contribution in [1.29, 1.82) is 0 Å². The molecule has 0 radical (unpaired) electrons. The summed E-state index contributed by atoms with van der Waals surface area (Å²) < 4.78 is 2.19. The molecule has 0 spiro atoms. The summed E-state index contributed by atoms with van der Waals surface area (Å²) in [6.45, 7) is 1.73. The first-order valence-electron chi connectivity index (χ1n) is 9.66. The van der Waals surface area contributed by atoms with Crippen LogP contribution in [0.5, 0.6) is 0 Å². The summed E-state index contributed by atoms with van der Waals surface area (Å²) in [6, 6.07) is 21.4. The molecule has 1 N–H and O–H groups in total. The molecule has 0 fully saturated rings. The van der Waals surface area contributed by atoms with Crippen LogP contribution >= 0.6 is 23.1 Å². The van der Waals surface area contributed by atoms with Crippen LogP contribution in [0, 0.1) is 10.1 Å². The summed E-state index contributed by atoms with van der Waals surface area (Å²) in [5.41, 5.74) is 6.38. The van der Waals surface area contributed by atoms with Gasteiger partial charge >= 0.3 is 0 Å². The number of aromatic nitrogens is 1. The molecule has 160 valence electrons. The number of hydrazone groups is 1. The van der Waals surface area contributed by atoms with E-state index in [1.807, 2.05) is 30.3 Å². The van der Waals surface area contributed by atoms with Crippen LogP contribution in [0.3, 0.4) is 0 Å². The second-order valence-electron chi connectivity index (χ2n) is 6.88. The number of thioether (sulfide) groups is 1. The van der Waals surface area contributed by atoms with Crippen LogP contribution in [0.2, 0.25) is 0 Å². The predicted octanol–water partition coefficient (Wildman–Crippen LogP) is 5.65. The number of amides is 1. The van der Waals surface area contributed by atoms with Gasteiger partial charge in [0.15, 0.2) is 4.34 Å². The van der Waals surface area contributed by atoms with Crippen molar-refractivity contribution in [3.63, 3.8) is 0 Å². The van der Waals surface area contributed by atoms with E-state index in [1.165, 1.54) is 16.8 Å². The molecule has 0 aliphatic heterocycles. The molecule has 1 aromatic heterocycles. The van der Waals surface area contributed by atoms with Crippen molar-refractivity contribution >= 4 is 50.6 Å². The van der Waals surface area contributed by atoms with Crippen LogP contribution in [0.4, 0.5) is 5.69 Å². The Morgan fingerprint density at radius 3 is 2.44 bits per heavy atom. The molecule has 4 aromatic rings. The first-order valence-corrected chi connectivity index (χ1v) is 11.5. The summed E-state index contributed by atoms with van der Waals surface area (Å²) in [5, 5.41) is 14.8. The Kier molecular flexibility index (Phi) is 6.58. The highest BCUT2D eigenvalue weighted by Crippen LogP contribution is 2.31. The van der Waals surface area contributed by atoms with Gasteiger partial charge in [-0.15, -0.1) is 11.3 Å². The molecule has 32 heavy (non-hydrogen) atoms. The van der Waals surface area contributed by atoms with Crippen molar-refractivity contribution in [1.82, 2.24) is 10.4 Å². The lowest BCUT2D eigenvalue weighted by atomic mass is 10.1. The minimum absolute atomic E-state index is 0.00646. The SMILES string of the molecule is CC(=NNC(=O)c1ccc(CSc2nc3ccccc3s2)cc1)c1ccc([N+](=O)[O-])cc1. The minimum atomic E-state index is -0.459. The average Bonchev–Trinajstić information content (AvgIpc) is 3.24. The number of carbonyl (C=O) groups is 1. The maximum Gasteiger partial charge on any atom is 0.271 e. The van der Waals surface area contributed by atoms with Gasteiger partial charge in [0, 0.05) is 23.4 Å². The maximum atomic E-state index is 12.4. The molecular formula is C23H18N4O3S2. The van der Waals surface area contributed by atoms with E-state index in [9.17, 15) is 14.9 Å². The van der Waals surface area contributed by atoms with Crippen LogP contribution in [-0.2, 0) is 5.75 Å². The minimum Gasteiger partial charge on any atom is -0.267 e. The van der Waals surface area contributed by atoms with Gasteiger partial charge < -0.3 is 0 Å². The van der Waals surface area contributed by atoms with Gasteiger partial charge in [-0.05, 0) is 54.4 Å². The van der Waals surface area contributed by atoms with Gasteiger partial charge in [-0.2, -0.15) is 5.10 Å². The number of benzene rings is 3. The van der Waals surface area contributed by atoms with Crippen LogP contribution in [-0.4, -0.2) is 21.5 Å². The first kappa shape index (κ1) is 21.7. The van der Waals surface area contributed by atoms with Gasteiger partial charge in [0.25, 0.3) is 11.6 Å². The quantitative estimate of drug-likeness (QED) is 0.166. The number of hydrogen-bond donors (Lipinski definition) is 1. The first-order chi connectivity index (χ1) is 15.5. The third-order valence-corrected chi connectivity index (χ3v) is 6.92. The fraction of sp³-hybridized carbons (Fsp3) is 0.0870. The molecule has 1 amide bonds. The lowest BCUT2D eigenvalue weighted by molar-refractivity contribution is -0.384. The Morgan fingerprint density at radius 1 is 1.06 bits per heavy atom. The molecule has 0 atom stereocenters. The van der Waals surface area contributed by atoms with Crippen LogP contribution in [0.1, 0.15) is 28.4 Å². The number of carbonyl (C=O) groups excluding carboxylic acids is 1. The Labute approximate surface area is 192 Å². The molecule has 0 saturated carbocycles. The van der Waals surface area contributed by atoms with Crippen molar-refractivity contribution in [2.75, 3.05) is 0 Å². The van der Waals surface area contributed by atoms with Gasteiger partial charge in [-0.25, -0.2) is 10.4 Å². The number of rotatable bonds is 7. The van der Waals surface area contributed by atoms with E-state index in [-0.39, 0.29) is 11.6 Å². The summed E-state index contributed by atoms with van der Waals surface area (Å²) >= 11 is 3.34. The van der Waals surface area contributed by atoms with Crippen molar-refractivity contribution in [2.24, 2.45) is 5.10 Å². The Hall–Kier alpha value is -3.56. The summed E-state index contributed by atoms with van der Waals surface area (Å²) in [6.07, 6.45) is 0. The Bertz CT molecular complexity index is 1270. The van der Waals surface area contributed by atoms with E-state index >= 15 is 0 Å². The number of nitro benzene ring substituents is 1. The van der Waals surface area contributed by atoms with Crippen molar-refractivity contribution in [3.05, 3.63) is 99.6 Å². The summed E-state index contributed by atoms with van der Waals surface area (Å²) in [4.78, 5) is 27.3. The number of fused-ring (bicyclic) bond motifs is 1. The van der Waals surface area contributed by atoms with Gasteiger partial charge in [-0.1, -0.05) is 36.0 Å². The molecule has 0 bridgehead atoms. The zero-order valence-corrected chi connectivity index (χ0v) is 18.7. The maximum absolute atomic E-state index is 12.4. The topological polar surface area (TPSA) is 97.5 Å². The van der Waals surface area contributed by atoms with Crippen LogP contribution < -0.4 is 5.43 Å². The number of thiazole rings is 1. The number of hydrogen-bond acceptors (Lipinski definition) is 7. The van der Waals surface area contributed by atoms with Crippen molar-refractivity contribution < 1.29 is 9.72 Å². The largest absolute Gasteiger partial charge is 0.271 e. The van der Waals surface area contributed by atoms with E-state index in [2.05, 4.69) is 21.6 Å². The summed E-state index contributed by atoms with van der Waals surface area (Å²) in [5.74, 6) is 0.440. The van der Waals surface area contributed by atoms with E-state index in [4.69, 9.17) is 0 Å². The van der Waals surface area contributed by atoms with Crippen molar-refractivity contribution in [3.8, 4) is 0 Å².